The lowest BCUT2D eigenvalue weighted by atomic mass is 9.95. The van der Waals surface area contributed by atoms with Gasteiger partial charge in [0.25, 0.3) is 0 Å². The maximum atomic E-state index is 5.80. The van der Waals surface area contributed by atoms with E-state index < -0.39 is 0 Å². The van der Waals surface area contributed by atoms with Crippen molar-refractivity contribution in [1.82, 2.24) is 5.32 Å². The van der Waals surface area contributed by atoms with E-state index in [1.807, 2.05) is 11.3 Å². The van der Waals surface area contributed by atoms with Gasteiger partial charge in [0.15, 0.2) is 0 Å². The maximum Gasteiger partial charge on any atom is 0.0612 e. The molecule has 0 spiro atoms. The van der Waals surface area contributed by atoms with Crippen LogP contribution in [0.4, 0.5) is 0 Å². The molecule has 2 nitrogen and oxygen atoms in total. The van der Waals surface area contributed by atoms with E-state index >= 15 is 0 Å². The van der Waals surface area contributed by atoms with Crippen LogP contribution in [0.15, 0.2) is 17.5 Å². The second kappa shape index (κ2) is 5.98. The zero-order valence-corrected chi connectivity index (χ0v) is 11.8. The van der Waals surface area contributed by atoms with Crippen molar-refractivity contribution in [2.75, 3.05) is 6.61 Å². The summed E-state index contributed by atoms with van der Waals surface area (Å²) in [6, 6.07) is 5.40. The molecule has 1 aromatic heterocycles. The van der Waals surface area contributed by atoms with Crippen LogP contribution in [0.25, 0.3) is 0 Å². The fourth-order valence-electron chi connectivity index (χ4n) is 2.42. The van der Waals surface area contributed by atoms with E-state index in [1.54, 1.807) is 0 Å². The van der Waals surface area contributed by atoms with Crippen molar-refractivity contribution in [1.29, 1.82) is 0 Å². The van der Waals surface area contributed by atoms with Gasteiger partial charge in [-0.15, -0.1) is 11.3 Å². The molecule has 3 atom stereocenters. The number of ether oxygens (including phenoxy) is 1. The van der Waals surface area contributed by atoms with Crippen LogP contribution in [-0.2, 0) is 4.74 Å². The fraction of sp³-hybridized carbons (Fsp3) is 0.714. The highest BCUT2D eigenvalue weighted by atomic mass is 32.1. The van der Waals surface area contributed by atoms with Gasteiger partial charge in [-0.25, -0.2) is 0 Å². The van der Waals surface area contributed by atoms with Crippen LogP contribution in [0.2, 0.25) is 0 Å². The molecule has 0 radical (unpaired) electrons. The second-order valence-corrected chi connectivity index (χ2v) is 6.26. The largest absolute Gasteiger partial charge is 0.378 e. The van der Waals surface area contributed by atoms with E-state index in [4.69, 9.17) is 4.74 Å². The summed E-state index contributed by atoms with van der Waals surface area (Å²) in [6.45, 7) is 7.65. The summed E-state index contributed by atoms with van der Waals surface area (Å²) in [5, 5.41) is 5.88. The van der Waals surface area contributed by atoms with Crippen molar-refractivity contribution >= 4 is 11.3 Å². The molecular weight excluding hydrogens is 230 g/mol. The third kappa shape index (κ3) is 3.54. The lowest BCUT2D eigenvalue weighted by molar-refractivity contribution is -0.0256. The molecule has 1 aromatic rings. The number of rotatable bonds is 4. The molecule has 3 heteroatoms. The highest BCUT2D eigenvalue weighted by Gasteiger charge is 2.25. The first-order chi connectivity index (χ1) is 8.16. The Morgan fingerprint density at radius 1 is 1.41 bits per heavy atom. The molecule has 1 N–H and O–H groups in total. The molecule has 0 amide bonds. The van der Waals surface area contributed by atoms with Gasteiger partial charge in [-0.1, -0.05) is 19.9 Å². The van der Waals surface area contributed by atoms with Crippen LogP contribution in [-0.4, -0.2) is 18.8 Å². The van der Waals surface area contributed by atoms with Gasteiger partial charge in [-0.05, 0) is 37.1 Å². The van der Waals surface area contributed by atoms with Crippen molar-refractivity contribution < 1.29 is 4.74 Å². The van der Waals surface area contributed by atoms with Gasteiger partial charge in [0.1, 0.15) is 0 Å². The van der Waals surface area contributed by atoms with Gasteiger partial charge >= 0.3 is 0 Å². The molecule has 1 saturated heterocycles. The maximum absolute atomic E-state index is 5.80. The summed E-state index contributed by atoms with van der Waals surface area (Å²) in [5.74, 6) is 0.622. The highest BCUT2D eigenvalue weighted by molar-refractivity contribution is 7.10. The van der Waals surface area contributed by atoms with Crippen molar-refractivity contribution in [2.45, 2.75) is 51.8 Å². The summed E-state index contributed by atoms with van der Waals surface area (Å²) < 4.78 is 5.80. The van der Waals surface area contributed by atoms with E-state index in [0.29, 0.717) is 24.1 Å². The van der Waals surface area contributed by atoms with Gasteiger partial charge in [0.05, 0.1) is 6.10 Å². The van der Waals surface area contributed by atoms with E-state index in [0.717, 1.165) is 19.4 Å². The van der Waals surface area contributed by atoms with Gasteiger partial charge in [-0.3, -0.25) is 0 Å². The zero-order valence-electron chi connectivity index (χ0n) is 11.0. The Labute approximate surface area is 108 Å². The Balaban J connectivity index is 1.86. The first-order valence-electron chi connectivity index (χ1n) is 6.58. The summed E-state index contributed by atoms with van der Waals surface area (Å²) in [4.78, 5) is 1.43. The molecule has 96 valence electrons. The van der Waals surface area contributed by atoms with Crippen molar-refractivity contribution in [3.05, 3.63) is 22.4 Å². The zero-order chi connectivity index (χ0) is 12.3. The summed E-state index contributed by atoms with van der Waals surface area (Å²) in [5.41, 5.74) is 0. The van der Waals surface area contributed by atoms with Crippen molar-refractivity contribution in [3.8, 4) is 0 Å². The third-order valence-corrected chi connectivity index (χ3v) is 4.57. The minimum Gasteiger partial charge on any atom is -0.378 e. The number of thiophene rings is 1. The van der Waals surface area contributed by atoms with Crippen LogP contribution in [0.5, 0.6) is 0 Å². The first kappa shape index (κ1) is 13.1. The predicted molar refractivity (Wildman–Crippen MR) is 73.5 cm³/mol. The van der Waals surface area contributed by atoms with E-state index in [-0.39, 0.29) is 0 Å². The summed E-state index contributed by atoms with van der Waals surface area (Å²) >= 11 is 1.83. The molecule has 0 saturated carbocycles. The van der Waals surface area contributed by atoms with Gasteiger partial charge in [0, 0.05) is 23.6 Å². The van der Waals surface area contributed by atoms with Gasteiger partial charge < -0.3 is 10.1 Å². The smallest absolute Gasteiger partial charge is 0.0612 e. The molecule has 2 unspecified atom stereocenters. The molecular formula is C14H23NOS. The Hall–Kier alpha value is -0.380. The lowest BCUT2D eigenvalue weighted by Crippen LogP contribution is -2.41. The van der Waals surface area contributed by atoms with Gasteiger partial charge in [-0.2, -0.15) is 0 Å². The topological polar surface area (TPSA) is 21.3 Å². The number of nitrogens with one attached hydrogen (secondary N) is 1. The highest BCUT2D eigenvalue weighted by Crippen LogP contribution is 2.24. The van der Waals surface area contributed by atoms with Crippen LogP contribution >= 0.6 is 11.3 Å². The molecule has 0 aromatic carbocycles. The number of hydrogen-bond donors (Lipinski definition) is 1. The SMILES string of the molecule is CC(C)C1CC(N[C@@H](C)c2cccs2)CCO1. The van der Waals surface area contributed by atoms with E-state index in [1.165, 1.54) is 4.88 Å². The van der Waals surface area contributed by atoms with E-state index in [9.17, 15) is 0 Å². The summed E-state index contributed by atoms with van der Waals surface area (Å²) in [7, 11) is 0. The summed E-state index contributed by atoms with van der Waals surface area (Å²) in [6.07, 6.45) is 2.71. The average molecular weight is 253 g/mol. The molecule has 1 aliphatic heterocycles. The van der Waals surface area contributed by atoms with E-state index in [2.05, 4.69) is 43.6 Å². The second-order valence-electron chi connectivity index (χ2n) is 5.28. The predicted octanol–water partition coefficient (Wildman–Crippen LogP) is 3.60. The molecule has 17 heavy (non-hydrogen) atoms. The van der Waals surface area contributed by atoms with Crippen molar-refractivity contribution in [2.24, 2.45) is 5.92 Å². The fourth-order valence-corrected chi connectivity index (χ4v) is 3.16. The Bertz CT molecular complexity index is 323. The lowest BCUT2D eigenvalue weighted by Gasteiger charge is -2.34. The monoisotopic (exact) mass is 253 g/mol. The Morgan fingerprint density at radius 3 is 2.88 bits per heavy atom. The third-order valence-electron chi connectivity index (χ3n) is 3.51. The molecule has 1 aliphatic rings. The Morgan fingerprint density at radius 2 is 2.24 bits per heavy atom. The van der Waals surface area contributed by atoms with Crippen LogP contribution < -0.4 is 5.32 Å². The number of hydrogen-bond acceptors (Lipinski definition) is 3. The molecule has 2 rings (SSSR count). The molecule has 0 aliphatic carbocycles. The average Bonchev–Trinajstić information content (AvgIpc) is 2.82. The molecule has 1 fully saturated rings. The van der Waals surface area contributed by atoms with Crippen LogP contribution in [0.3, 0.4) is 0 Å². The van der Waals surface area contributed by atoms with Gasteiger partial charge in [0.2, 0.25) is 0 Å². The standard InChI is InChI=1S/C14H23NOS/c1-10(2)13-9-12(6-7-16-13)15-11(3)14-5-4-8-17-14/h4-5,8,10-13,15H,6-7,9H2,1-3H3/t11-,12?,13?/m0/s1. The normalized spacial score (nSPS) is 27.3. The van der Waals surface area contributed by atoms with Crippen molar-refractivity contribution in [3.63, 3.8) is 0 Å². The van der Waals surface area contributed by atoms with Crippen LogP contribution in [0, 0.1) is 5.92 Å². The first-order valence-corrected chi connectivity index (χ1v) is 7.46. The Kier molecular flexibility index (Phi) is 4.60. The minimum atomic E-state index is 0.428. The minimum absolute atomic E-state index is 0.428. The quantitative estimate of drug-likeness (QED) is 0.885. The molecule has 0 bridgehead atoms. The van der Waals surface area contributed by atoms with Crippen LogP contribution in [0.1, 0.15) is 44.5 Å². The molecule has 2 heterocycles.